The summed E-state index contributed by atoms with van der Waals surface area (Å²) in [6.45, 7) is 9.21. The van der Waals surface area contributed by atoms with Crippen molar-refractivity contribution >= 4 is 42.8 Å². The predicted octanol–water partition coefficient (Wildman–Crippen LogP) is 4.27. The number of piperidine rings is 1. The van der Waals surface area contributed by atoms with Crippen molar-refractivity contribution in [1.29, 1.82) is 0 Å². The van der Waals surface area contributed by atoms with Gasteiger partial charge in [0.25, 0.3) is 20.0 Å². The second kappa shape index (κ2) is 8.62. The Morgan fingerprint density at radius 1 is 0.906 bits per heavy atom. The molecule has 0 aliphatic carbocycles. The number of para-hydroxylation sites is 1. The molecule has 0 atom stereocenters. The fraction of sp³-hybridized carbons (Fsp3) is 0.545. The lowest BCUT2D eigenvalue weighted by Gasteiger charge is -2.39. The maximum absolute atomic E-state index is 13.2. The lowest BCUT2D eigenvalue weighted by molar-refractivity contribution is 0.280. The molecule has 2 saturated heterocycles. The highest BCUT2D eigenvalue weighted by molar-refractivity contribution is 7.96. The van der Waals surface area contributed by atoms with Crippen molar-refractivity contribution < 1.29 is 16.8 Å². The minimum atomic E-state index is -3.92. The Kier molecular flexibility index (Phi) is 6.34. The van der Waals surface area contributed by atoms with E-state index in [0.717, 1.165) is 61.4 Å². The van der Waals surface area contributed by atoms with Crippen LogP contribution in [-0.4, -0.2) is 47.3 Å². The molecule has 0 bridgehead atoms. The molecule has 7 nitrogen and oxygen atoms in total. The van der Waals surface area contributed by atoms with Crippen LogP contribution in [0.25, 0.3) is 0 Å². The van der Waals surface area contributed by atoms with Crippen LogP contribution in [0.3, 0.4) is 0 Å². The SMILES string of the molecule is Cc1cccc(NS(=O)(=O)c2ccc(S(=O)(=O)N3CCCC3)s2)c1N1CCC(C)(C)CC1. The van der Waals surface area contributed by atoms with E-state index in [2.05, 4.69) is 23.5 Å². The third kappa shape index (κ3) is 4.69. The van der Waals surface area contributed by atoms with Gasteiger partial charge < -0.3 is 4.90 Å². The molecular weight excluding hydrogens is 466 g/mol. The third-order valence-electron chi connectivity index (χ3n) is 6.40. The molecule has 1 aromatic heterocycles. The number of sulfonamides is 2. The van der Waals surface area contributed by atoms with Gasteiger partial charge in [-0.3, -0.25) is 4.72 Å². The number of anilines is 2. The Hall–Kier alpha value is -1.62. The van der Waals surface area contributed by atoms with Crippen molar-refractivity contribution in [1.82, 2.24) is 4.31 Å². The van der Waals surface area contributed by atoms with E-state index in [0.29, 0.717) is 18.8 Å². The summed E-state index contributed by atoms with van der Waals surface area (Å²) in [6, 6.07) is 8.38. The lowest BCUT2D eigenvalue weighted by Crippen LogP contribution is -2.38. The van der Waals surface area contributed by atoms with Crippen LogP contribution in [0.15, 0.2) is 38.8 Å². The molecule has 32 heavy (non-hydrogen) atoms. The van der Waals surface area contributed by atoms with Crippen molar-refractivity contribution in [3.05, 3.63) is 35.9 Å². The zero-order valence-corrected chi connectivity index (χ0v) is 21.2. The van der Waals surface area contributed by atoms with Gasteiger partial charge in [-0.25, -0.2) is 16.8 Å². The maximum atomic E-state index is 13.2. The van der Waals surface area contributed by atoms with Gasteiger partial charge in [-0.15, -0.1) is 11.3 Å². The van der Waals surface area contributed by atoms with Gasteiger partial charge in [0.2, 0.25) is 0 Å². The first-order chi connectivity index (χ1) is 15.0. The van der Waals surface area contributed by atoms with Crippen LogP contribution >= 0.6 is 11.3 Å². The van der Waals surface area contributed by atoms with Crippen LogP contribution in [0.5, 0.6) is 0 Å². The normalized spacial score (nSPS) is 19.9. The number of thiophene rings is 1. The largest absolute Gasteiger partial charge is 0.370 e. The van der Waals surface area contributed by atoms with E-state index >= 15 is 0 Å². The summed E-state index contributed by atoms with van der Waals surface area (Å²) in [5.41, 5.74) is 2.72. The quantitative estimate of drug-likeness (QED) is 0.644. The Morgan fingerprint density at radius 3 is 2.19 bits per heavy atom. The Labute approximate surface area is 195 Å². The second-order valence-electron chi connectivity index (χ2n) is 9.41. The molecule has 0 unspecified atom stereocenters. The molecule has 0 spiro atoms. The van der Waals surface area contributed by atoms with Crippen molar-refractivity contribution in [2.45, 2.75) is 54.9 Å². The first-order valence-corrected chi connectivity index (χ1v) is 14.7. The average molecular weight is 498 g/mol. The average Bonchev–Trinajstić information content (AvgIpc) is 3.42. The van der Waals surface area contributed by atoms with E-state index in [4.69, 9.17) is 0 Å². The molecule has 0 amide bonds. The number of hydrogen-bond acceptors (Lipinski definition) is 6. The summed E-state index contributed by atoms with van der Waals surface area (Å²) in [5.74, 6) is 0. The second-order valence-corrected chi connectivity index (χ2v) is 14.6. The maximum Gasteiger partial charge on any atom is 0.271 e. The van der Waals surface area contributed by atoms with Crippen molar-refractivity contribution in [2.24, 2.45) is 5.41 Å². The van der Waals surface area contributed by atoms with Crippen molar-refractivity contribution in [3.63, 3.8) is 0 Å². The highest BCUT2D eigenvalue weighted by atomic mass is 32.3. The summed E-state index contributed by atoms with van der Waals surface area (Å²) < 4.78 is 56.2. The van der Waals surface area contributed by atoms with E-state index in [-0.39, 0.29) is 13.8 Å². The van der Waals surface area contributed by atoms with E-state index in [1.165, 1.54) is 16.4 Å². The fourth-order valence-electron chi connectivity index (χ4n) is 4.33. The topological polar surface area (TPSA) is 86.8 Å². The molecule has 10 heteroatoms. The van der Waals surface area contributed by atoms with Gasteiger partial charge in [0.15, 0.2) is 0 Å². The van der Waals surface area contributed by atoms with E-state index in [1.807, 2.05) is 19.1 Å². The van der Waals surface area contributed by atoms with E-state index in [9.17, 15) is 16.8 Å². The molecule has 1 aromatic carbocycles. The lowest BCUT2D eigenvalue weighted by atomic mass is 9.82. The molecule has 2 fully saturated rings. The highest BCUT2D eigenvalue weighted by Crippen LogP contribution is 2.38. The number of aryl methyl sites for hydroxylation is 1. The van der Waals surface area contributed by atoms with E-state index < -0.39 is 20.0 Å². The van der Waals surface area contributed by atoms with Crippen molar-refractivity contribution in [3.8, 4) is 0 Å². The first kappa shape index (κ1) is 23.5. The molecule has 2 aliphatic heterocycles. The summed E-state index contributed by atoms with van der Waals surface area (Å²) >= 11 is 0.805. The van der Waals surface area contributed by atoms with Crippen LogP contribution in [-0.2, 0) is 20.0 Å². The van der Waals surface area contributed by atoms with Gasteiger partial charge in [0.05, 0.1) is 11.4 Å². The van der Waals surface area contributed by atoms with Gasteiger partial charge in [-0.2, -0.15) is 4.31 Å². The van der Waals surface area contributed by atoms with E-state index in [1.54, 1.807) is 6.07 Å². The van der Waals surface area contributed by atoms with Crippen LogP contribution in [0.1, 0.15) is 45.1 Å². The molecule has 2 aliphatic rings. The number of hydrogen-bond donors (Lipinski definition) is 1. The minimum Gasteiger partial charge on any atom is -0.370 e. The Morgan fingerprint density at radius 2 is 1.53 bits per heavy atom. The number of benzene rings is 1. The molecule has 176 valence electrons. The van der Waals surface area contributed by atoms with Gasteiger partial charge in [-0.1, -0.05) is 26.0 Å². The highest BCUT2D eigenvalue weighted by Gasteiger charge is 2.31. The molecule has 2 aromatic rings. The minimum absolute atomic E-state index is 0.00232. The van der Waals surface area contributed by atoms with Crippen LogP contribution in [0.4, 0.5) is 11.4 Å². The Balaban J connectivity index is 1.60. The molecule has 4 rings (SSSR count). The number of nitrogens with zero attached hydrogens (tertiary/aromatic N) is 2. The third-order valence-corrected chi connectivity index (χ3v) is 11.7. The van der Waals surface area contributed by atoms with Crippen molar-refractivity contribution in [2.75, 3.05) is 35.8 Å². The van der Waals surface area contributed by atoms with Gasteiger partial charge in [-0.05, 0) is 61.8 Å². The summed E-state index contributed by atoms with van der Waals surface area (Å²) in [5, 5.41) is 0. The van der Waals surface area contributed by atoms with Gasteiger partial charge in [0, 0.05) is 26.2 Å². The summed E-state index contributed by atoms with van der Waals surface area (Å²) in [7, 11) is -7.56. The van der Waals surface area contributed by atoms with Crippen LogP contribution in [0, 0.1) is 12.3 Å². The molecule has 3 heterocycles. The zero-order valence-electron chi connectivity index (χ0n) is 18.8. The van der Waals surface area contributed by atoms with Gasteiger partial charge in [0.1, 0.15) is 8.42 Å². The number of nitrogens with one attached hydrogen (secondary N) is 1. The van der Waals surface area contributed by atoms with Crippen LogP contribution < -0.4 is 9.62 Å². The number of rotatable bonds is 6. The smallest absolute Gasteiger partial charge is 0.271 e. The first-order valence-electron chi connectivity index (χ1n) is 11.0. The predicted molar refractivity (Wildman–Crippen MR) is 130 cm³/mol. The summed E-state index contributed by atoms with van der Waals surface area (Å²) in [6.07, 6.45) is 3.74. The molecule has 1 N–H and O–H groups in total. The standard InChI is InChI=1S/C22H31N3O4S3/c1-17-7-6-8-18(21(17)24-15-11-22(2,3)12-16-24)23-31(26,27)19-9-10-20(30-19)32(28,29)25-13-4-5-14-25/h6-10,23H,4-5,11-16H2,1-3H3. The zero-order chi connectivity index (χ0) is 23.1. The monoisotopic (exact) mass is 497 g/mol. The molecule has 0 saturated carbocycles. The van der Waals surface area contributed by atoms with Gasteiger partial charge >= 0.3 is 0 Å². The van der Waals surface area contributed by atoms with Crippen LogP contribution in [0.2, 0.25) is 0 Å². The fourth-order valence-corrected chi connectivity index (χ4v) is 8.84. The Bertz CT molecular complexity index is 1190. The summed E-state index contributed by atoms with van der Waals surface area (Å²) in [4.78, 5) is 2.25. The molecule has 0 radical (unpaired) electrons. The molecular formula is C22H31N3O4S3.